The van der Waals surface area contributed by atoms with Gasteiger partial charge in [0, 0.05) is 14.0 Å². The standard InChI is InChI=1S/C7H13NO4.C2H4O2.CH4O/c1-2-3-8(4-6(9)10)5-7(11)12;1-2(3)4;1-2/h2-5H2,1H3,(H,9,10)(H,11,12);1H3,(H,3,4);2H,1H3. The molecule has 108 valence electrons. The molecule has 0 radical (unpaired) electrons. The van der Waals surface area contributed by atoms with Gasteiger partial charge in [-0.1, -0.05) is 6.92 Å². The number of aliphatic hydroxyl groups is 1. The van der Waals surface area contributed by atoms with E-state index in [1.165, 1.54) is 4.90 Å². The molecular formula is C10H21NO7. The molecule has 0 saturated heterocycles. The van der Waals surface area contributed by atoms with Crippen LogP contribution in [0.3, 0.4) is 0 Å². The summed E-state index contributed by atoms with van der Waals surface area (Å²) in [5.74, 6) is -2.82. The van der Waals surface area contributed by atoms with Gasteiger partial charge in [0.05, 0.1) is 13.1 Å². The molecule has 0 fully saturated rings. The van der Waals surface area contributed by atoms with Gasteiger partial charge in [-0.25, -0.2) is 0 Å². The number of aliphatic hydroxyl groups excluding tert-OH is 1. The van der Waals surface area contributed by atoms with Crippen LogP contribution in [0.5, 0.6) is 0 Å². The molecular weight excluding hydrogens is 246 g/mol. The zero-order valence-corrected chi connectivity index (χ0v) is 10.8. The fraction of sp³-hybridized carbons (Fsp3) is 0.700. The van der Waals surface area contributed by atoms with Gasteiger partial charge in [0.25, 0.3) is 5.97 Å². The number of carbonyl (C=O) groups is 3. The quantitative estimate of drug-likeness (QED) is 0.509. The molecule has 0 bridgehead atoms. The number of aliphatic carboxylic acids is 3. The van der Waals surface area contributed by atoms with E-state index in [4.69, 9.17) is 25.2 Å². The lowest BCUT2D eigenvalue weighted by Crippen LogP contribution is -2.34. The van der Waals surface area contributed by atoms with Crippen LogP contribution in [0.1, 0.15) is 20.3 Å². The van der Waals surface area contributed by atoms with E-state index in [0.717, 1.165) is 20.5 Å². The first-order valence-electron chi connectivity index (χ1n) is 5.09. The highest BCUT2D eigenvalue weighted by Crippen LogP contribution is 1.90. The van der Waals surface area contributed by atoms with Crippen LogP contribution in [0, 0.1) is 0 Å². The summed E-state index contributed by atoms with van der Waals surface area (Å²) in [6.45, 7) is 3.04. The summed E-state index contributed by atoms with van der Waals surface area (Å²) in [5.41, 5.74) is 0. The number of hydrogen-bond donors (Lipinski definition) is 4. The first-order chi connectivity index (χ1) is 8.29. The lowest BCUT2D eigenvalue weighted by Gasteiger charge is -2.15. The molecule has 0 aliphatic rings. The minimum Gasteiger partial charge on any atom is -0.481 e. The molecule has 8 heteroatoms. The first-order valence-corrected chi connectivity index (χ1v) is 5.09. The Balaban J connectivity index is -0.000000317. The summed E-state index contributed by atoms with van der Waals surface area (Å²) in [5, 5.41) is 31.2. The number of nitrogens with zero attached hydrogens (tertiary/aromatic N) is 1. The van der Waals surface area contributed by atoms with Crippen LogP contribution in [0.4, 0.5) is 0 Å². The molecule has 18 heavy (non-hydrogen) atoms. The van der Waals surface area contributed by atoms with Crippen LogP contribution < -0.4 is 0 Å². The van der Waals surface area contributed by atoms with Crippen LogP contribution in [-0.4, -0.2) is 70.0 Å². The van der Waals surface area contributed by atoms with Crippen molar-refractivity contribution in [3.05, 3.63) is 0 Å². The Morgan fingerprint density at radius 3 is 1.39 bits per heavy atom. The fourth-order valence-electron chi connectivity index (χ4n) is 0.913. The summed E-state index contributed by atoms with van der Waals surface area (Å²) < 4.78 is 0. The summed E-state index contributed by atoms with van der Waals surface area (Å²) in [4.78, 5) is 30.8. The van der Waals surface area contributed by atoms with Crippen LogP contribution in [0.15, 0.2) is 0 Å². The molecule has 4 N–H and O–H groups in total. The van der Waals surface area contributed by atoms with Gasteiger partial charge in [-0.05, 0) is 13.0 Å². The molecule has 0 unspecified atom stereocenters. The van der Waals surface area contributed by atoms with Crippen molar-refractivity contribution in [2.45, 2.75) is 20.3 Å². The molecule has 0 heterocycles. The Bertz CT molecular complexity index is 222. The highest BCUT2D eigenvalue weighted by atomic mass is 16.4. The monoisotopic (exact) mass is 267 g/mol. The number of carboxylic acid groups (broad SMARTS) is 3. The Hall–Kier alpha value is -1.67. The normalized spacial score (nSPS) is 8.50. The summed E-state index contributed by atoms with van der Waals surface area (Å²) in [6, 6.07) is 0. The van der Waals surface area contributed by atoms with Crippen molar-refractivity contribution in [2.75, 3.05) is 26.7 Å². The highest BCUT2D eigenvalue weighted by Gasteiger charge is 2.11. The van der Waals surface area contributed by atoms with Crippen molar-refractivity contribution in [1.82, 2.24) is 4.90 Å². The molecule has 0 amide bonds. The number of hydrogen-bond acceptors (Lipinski definition) is 5. The van der Waals surface area contributed by atoms with Gasteiger partial charge >= 0.3 is 11.9 Å². The lowest BCUT2D eigenvalue weighted by atomic mass is 10.4. The summed E-state index contributed by atoms with van der Waals surface area (Å²) in [7, 11) is 1.00. The van der Waals surface area contributed by atoms with Gasteiger partial charge in [-0.15, -0.1) is 0 Å². The molecule has 0 spiro atoms. The fourth-order valence-corrected chi connectivity index (χ4v) is 0.913. The Kier molecular flexibility index (Phi) is 18.4. The van der Waals surface area contributed by atoms with E-state index in [9.17, 15) is 9.59 Å². The molecule has 0 aliphatic heterocycles. The van der Waals surface area contributed by atoms with Crippen LogP contribution in [-0.2, 0) is 14.4 Å². The predicted molar refractivity (Wildman–Crippen MR) is 63.5 cm³/mol. The second-order valence-electron chi connectivity index (χ2n) is 3.02. The maximum atomic E-state index is 10.2. The van der Waals surface area contributed by atoms with E-state index in [1.807, 2.05) is 6.92 Å². The zero-order chi connectivity index (χ0) is 15.1. The van der Waals surface area contributed by atoms with Crippen molar-refractivity contribution in [2.24, 2.45) is 0 Å². The Labute approximate surface area is 105 Å². The third-order valence-electron chi connectivity index (χ3n) is 1.26. The average molecular weight is 267 g/mol. The van der Waals surface area contributed by atoms with Gasteiger partial charge in [0.1, 0.15) is 0 Å². The smallest absolute Gasteiger partial charge is 0.317 e. The highest BCUT2D eigenvalue weighted by molar-refractivity contribution is 5.72. The summed E-state index contributed by atoms with van der Waals surface area (Å²) in [6.07, 6.45) is 0.751. The SMILES string of the molecule is CC(=O)O.CCCN(CC(=O)O)CC(=O)O.CO. The Morgan fingerprint density at radius 2 is 1.22 bits per heavy atom. The molecule has 0 aromatic carbocycles. The Morgan fingerprint density at radius 1 is 0.944 bits per heavy atom. The zero-order valence-electron chi connectivity index (χ0n) is 10.8. The minimum atomic E-state index is -0.996. The van der Waals surface area contributed by atoms with E-state index in [0.29, 0.717) is 6.54 Å². The maximum absolute atomic E-state index is 10.2. The number of carboxylic acids is 3. The van der Waals surface area contributed by atoms with Gasteiger partial charge in [0.15, 0.2) is 0 Å². The molecule has 8 nitrogen and oxygen atoms in total. The lowest BCUT2D eigenvalue weighted by molar-refractivity contribution is -0.142. The van der Waals surface area contributed by atoms with Gasteiger partial charge in [-0.2, -0.15) is 0 Å². The topological polar surface area (TPSA) is 135 Å². The van der Waals surface area contributed by atoms with Crippen LogP contribution in [0.2, 0.25) is 0 Å². The third-order valence-corrected chi connectivity index (χ3v) is 1.26. The maximum Gasteiger partial charge on any atom is 0.317 e. The van der Waals surface area contributed by atoms with Gasteiger partial charge < -0.3 is 20.4 Å². The molecule has 0 aliphatic carbocycles. The van der Waals surface area contributed by atoms with Crippen molar-refractivity contribution in [3.8, 4) is 0 Å². The van der Waals surface area contributed by atoms with Gasteiger partial charge in [0.2, 0.25) is 0 Å². The first kappa shape index (κ1) is 21.6. The van der Waals surface area contributed by atoms with Gasteiger partial charge in [-0.3, -0.25) is 19.3 Å². The van der Waals surface area contributed by atoms with E-state index in [1.54, 1.807) is 0 Å². The predicted octanol–water partition coefficient (Wildman–Crippen LogP) is -0.433. The van der Waals surface area contributed by atoms with E-state index >= 15 is 0 Å². The summed E-state index contributed by atoms with van der Waals surface area (Å²) >= 11 is 0. The molecule has 0 aromatic heterocycles. The molecule has 0 saturated carbocycles. The van der Waals surface area contributed by atoms with Crippen molar-refractivity contribution in [3.63, 3.8) is 0 Å². The van der Waals surface area contributed by atoms with Crippen molar-refractivity contribution < 1.29 is 34.8 Å². The second-order valence-corrected chi connectivity index (χ2v) is 3.02. The largest absolute Gasteiger partial charge is 0.481 e. The van der Waals surface area contributed by atoms with E-state index in [2.05, 4.69) is 0 Å². The average Bonchev–Trinajstić information content (AvgIpc) is 2.18. The second kappa shape index (κ2) is 15.3. The minimum absolute atomic E-state index is 0.208. The van der Waals surface area contributed by atoms with Crippen molar-refractivity contribution in [1.29, 1.82) is 0 Å². The van der Waals surface area contributed by atoms with Crippen LogP contribution in [0.25, 0.3) is 0 Å². The number of rotatable bonds is 6. The third kappa shape index (κ3) is 29.3. The van der Waals surface area contributed by atoms with Crippen LogP contribution >= 0.6 is 0 Å². The molecule has 0 rings (SSSR count). The van der Waals surface area contributed by atoms with E-state index < -0.39 is 17.9 Å². The molecule has 0 aromatic rings. The van der Waals surface area contributed by atoms with E-state index in [-0.39, 0.29) is 13.1 Å². The molecule has 0 atom stereocenters. The van der Waals surface area contributed by atoms with Crippen molar-refractivity contribution >= 4 is 17.9 Å².